The molecule has 0 bridgehead atoms. The number of nitrogens with zero attached hydrogens (tertiary/aromatic N) is 1. The molecule has 0 radical (unpaired) electrons. The number of halogens is 1. The van der Waals surface area contributed by atoms with Crippen molar-refractivity contribution >= 4 is 17.3 Å². The number of alkyl halides is 1. The second kappa shape index (κ2) is 4.97. The molecule has 0 heterocycles. The van der Waals surface area contributed by atoms with Gasteiger partial charge in [-0.1, -0.05) is 42.5 Å². The molecule has 0 aromatic heterocycles. The molecule has 0 spiro atoms. The molecule has 0 N–H and O–H groups in total. The Morgan fingerprint density at radius 2 is 1.47 bits per heavy atom. The fourth-order valence-corrected chi connectivity index (χ4v) is 1.87. The highest BCUT2D eigenvalue weighted by molar-refractivity contribution is 6.22. The standard InChI is InChI=1S/C13H10ClNO2/c14-13(10-4-2-1-3-5-10)11-6-8-12(9-7-11)15(16)17/h1-9,13H. The lowest BCUT2D eigenvalue weighted by Crippen LogP contribution is -1.94. The van der Waals surface area contributed by atoms with E-state index in [2.05, 4.69) is 0 Å². The molecular weight excluding hydrogens is 238 g/mol. The summed E-state index contributed by atoms with van der Waals surface area (Å²) in [5, 5.41) is 10.2. The van der Waals surface area contributed by atoms with Crippen LogP contribution < -0.4 is 0 Å². The van der Waals surface area contributed by atoms with Crippen LogP contribution in [0.15, 0.2) is 54.6 Å². The van der Waals surface area contributed by atoms with E-state index in [4.69, 9.17) is 11.6 Å². The quantitative estimate of drug-likeness (QED) is 0.469. The summed E-state index contributed by atoms with van der Waals surface area (Å²) >= 11 is 6.29. The number of benzene rings is 2. The normalized spacial score (nSPS) is 12.1. The van der Waals surface area contributed by atoms with Gasteiger partial charge in [-0.05, 0) is 11.1 Å². The molecule has 0 fully saturated rings. The van der Waals surface area contributed by atoms with Crippen LogP contribution in [-0.2, 0) is 0 Å². The highest BCUT2D eigenvalue weighted by atomic mass is 35.5. The van der Waals surface area contributed by atoms with Crippen LogP contribution in [0.2, 0.25) is 0 Å². The number of nitro benzene ring substituents is 1. The van der Waals surface area contributed by atoms with Crippen molar-refractivity contribution in [3.05, 3.63) is 75.8 Å². The van der Waals surface area contributed by atoms with Gasteiger partial charge >= 0.3 is 0 Å². The molecule has 0 saturated carbocycles. The van der Waals surface area contributed by atoms with Gasteiger partial charge < -0.3 is 0 Å². The van der Waals surface area contributed by atoms with Crippen molar-refractivity contribution in [1.29, 1.82) is 0 Å². The number of non-ortho nitro benzene ring substituents is 1. The number of nitro groups is 1. The molecule has 2 rings (SSSR count). The lowest BCUT2D eigenvalue weighted by molar-refractivity contribution is -0.384. The van der Waals surface area contributed by atoms with Gasteiger partial charge in [0.15, 0.2) is 0 Å². The van der Waals surface area contributed by atoms with Crippen LogP contribution in [-0.4, -0.2) is 4.92 Å². The fraction of sp³-hybridized carbons (Fsp3) is 0.0769. The Kier molecular flexibility index (Phi) is 3.40. The van der Waals surface area contributed by atoms with Gasteiger partial charge in [0.05, 0.1) is 10.3 Å². The third kappa shape index (κ3) is 2.63. The largest absolute Gasteiger partial charge is 0.269 e. The molecule has 0 aliphatic carbocycles. The summed E-state index contributed by atoms with van der Waals surface area (Å²) < 4.78 is 0. The highest BCUT2D eigenvalue weighted by Crippen LogP contribution is 2.29. The minimum absolute atomic E-state index is 0.0747. The Morgan fingerprint density at radius 3 is 2.00 bits per heavy atom. The van der Waals surface area contributed by atoms with E-state index in [9.17, 15) is 10.1 Å². The zero-order chi connectivity index (χ0) is 12.3. The van der Waals surface area contributed by atoms with Crippen LogP contribution in [0.4, 0.5) is 5.69 Å². The first kappa shape index (κ1) is 11.6. The summed E-state index contributed by atoms with van der Waals surface area (Å²) in [5.41, 5.74) is 1.90. The molecular formula is C13H10ClNO2. The van der Waals surface area contributed by atoms with Crippen molar-refractivity contribution in [2.75, 3.05) is 0 Å². The van der Waals surface area contributed by atoms with Crippen LogP contribution in [0.25, 0.3) is 0 Å². The van der Waals surface area contributed by atoms with Gasteiger partial charge in [-0.3, -0.25) is 10.1 Å². The Morgan fingerprint density at radius 1 is 0.941 bits per heavy atom. The maximum absolute atomic E-state index is 10.5. The van der Waals surface area contributed by atoms with E-state index in [1.807, 2.05) is 30.3 Å². The second-order valence-corrected chi connectivity index (χ2v) is 4.06. The van der Waals surface area contributed by atoms with Gasteiger partial charge in [-0.15, -0.1) is 11.6 Å². The fourth-order valence-electron chi connectivity index (χ4n) is 1.58. The van der Waals surface area contributed by atoms with Gasteiger partial charge in [-0.25, -0.2) is 0 Å². The zero-order valence-electron chi connectivity index (χ0n) is 8.92. The first-order valence-corrected chi connectivity index (χ1v) is 5.55. The third-order valence-electron chi connectivity index (χ3n) is 2.49. The predicted molar refractivity (Wildman–Crippen MR) is 67.2 cm³/mol. The third-order valence-corrected chi connectivity index (χ3v) is 2.99. The molecule has 86 valence electrons. The van der Waals surface area contributed by atoms with Crippen LogP contribution >= 0.6 is 11.6 Å². The maximum Gasteiger partial charge on any atom is 0.269 e. The SMILES string of the molecule is O=[N+]([O-])c1ccc(C(Cl)c2ccccc2)cc1. The molecule has 1 unspecified atom stereocenters. The van der Waals surface area contributed by atoms with E-state index >= 15 is 0 Å². The Labute approximate surface area is 104 Å². The Balaban J connectivity index is 2.26. The minimum atomic E-state index is -0.421. The molecule has 3 nitrogen and oxygen atoms in total. The molecule has 0 aliphatic heterocycles. The van der Waals surface area contributed by atoms with Gasteiger partial charge in [-0.2, -0.15) is 0 Å². The van der Waals surface area contributed by atoms with Gasteiger partial charge in [0.2, 0.25) is 0 Å². The van der Waals surface area contributed by atoms with Crippen molar-refractivity contribution in [2.24, 2.45) is 0 Å². The van der Waals surface area contributed by atoms with Gasteiger partial charge in [0.25, 0.3) is 5.69 Å². The average molecular weight is 248 g/mol. The van der Waals surface area contributed by atoms with E-state index < -0.39 is 4.92 Å². The Hall–Kier alpha value is -1.87. The molecule has 2 aromatic rings. The summed E-state index contributed by atoms with van der Waals surface area (Å²) in [5.74, 6) is 0. The van der Waals surface area contributed by atoms with Crippen molar-refractivity contribution in [3.63, 3.8) is 0 Å². The lowest BCUT2D eigenvalue weighted by Gasteiger charge is -2.09. The number of rotatable bonds is 3. The van der Waals surface area contributed by atoms with E-state index in [-0.39, 0.29) is 11.1 Å². The van der Waals surface area contributed by atoms with Crippen molar-refractivity contribution < 1.29 is 4.92 Å². The maximum atomic E-state index is 10.5. The van der Waals surface area contributed by atoms with Crippen LogP contribution in [0.3, 0.4) is 0 Å². The monoisotopic (exact) mass is 247 g/mol. The van der Waals surface area contributed by atoms with Crippen molar-refractivity contribution in [3.8, 4) is 0 Å². The molecule has 0 amide bonds. The molecule has 1 atom stereocenters. The zero-order valence-corrected chi connectivity index (χ0v) is 9.67. The molecule has 17 heavy (non-hydrogen) atoms. The molecule has 2 aromatic carbocycles. The number of hydrogen-bond acceptors (Lipinski definition) is 2. The first-order chi connectivity index (χ1) is 8.18. The summed E-state index contributed by atoms with van der Waals surface area (Å²) in [6.45, 7) is 0. The molecule has 0 saturated heterocycles. The van der Waals surface area contributed by atoms with E-state index in [0.29, 0.717) is 0 Å². The lowest BCUT2D eigenvalue weighted by atomic mass is 10.0. The van der Waals surface area contributed by atoms with Crippen LogP contribution in [0, 0.1) is 10.1 Å². The topological polar surface area (TPSA) is 43.1 Å². The van der Waals surface area contributed by atoms with Crippen LogP contribution in [0.5, 0.6) is 0 Å². The van der Waals surface area contributed by atoms with E-state index in [1.165, 1.54) is 12.1 Å². The minimum Gasteiger partial charge on any atom is -0.258 e. The second-order valence-electron chi connectivity index (χ2n) is 3.62. The van der Waals surface area contributed by atoms with Gasteiger partial charge in [0.1, 0.15) is 0 Å². The Bertz CT molecular complexity index is 511. The summed E-state index contributed by atoms with van der Waals surface area (Å²) in [6, 6.07) is 15.9. The summed E-state index contributed by atoms with van der Waals surface area (Å²) in [6.07, 6.45) is 0. The number of hydrogen-bond donors (Lipinski definition) is 0. The van der Waals surface area contributed by atoms with Gasteiger partial charge in [0, 0.05) is 12.1 Å². The summed E-state index contributed by atoms with van der Waals surface area (Å²) in [7, 11) is 0. The average Bonchev–Trinajstić information content (AvgIpc) is 2.39. The van der Waals surface area contributed by atoms with Crippen molar-refractivity contribution in [2.45, 2.75) is 5.38 Å². The molecule has 0 aliphatic rings. The highest BCUT2D eigenvalue weighted by Gasteiger charge is 2.12. The van der Waals surface area contributed by atoms with E-state index in [1.54, 1.807) is 12.1 Å². The van der Waals surface area contributed by atoms with Crippen molar-refractivity contribution in [1.82, 2.24) is 0 Å². The molecule has 4 heteroatoms. The first-order valence-electron chi connectivity index (χ1n) is 5.12. The summed E-state index contributed by atoms with van der Waals surface area (Å²) in [4.78, 5) is 10.1. The predicted octanol–water partition coefficient (Wildman–Crippen LogP) is 3.92. The smallest absolute Gasteiger partial charge is 0.258 e. The van der Waals surface area contributed by atoms with Crippen LogP contribution in [0.1, 0.15) is 16.5 Å². The van der Waals surface area contributed by atoms with E-state index in [0.717, 1.165) is 11.1 Å².